The van der Waals surface area contributed by atoms with Crippen molar-refractivity contribution in [3.05, 3.63) is 48.0 Å². The van der Waals surface area contributed by atoms with Crippen molar-refractivity contribution >= 4 is 40.3 Å². The molecule has 1 unspecified atom stereocenters. The molecule has 0 bridgehead atoms. The van der Waals surface area contributed by atoms with E-state index in [1.165, 1.54) is 6.20 Å². The number of benzene rings is 1. The number of nitrogens with zero attached hydrogens (tertiary/aromatic N) is 4. The van der Waals surface area contributed by atoms with Gasteiger partial charge in [-0.3, -0.25) is 24.8 Å². The topological polar surface area (TPSA) is 136 Å². The monoisotopic (exact) mass is 505 g/mol. The molecule has 2 aliphatic heterocycles. The van der Waals surface area contributed by atoms with Crippen LogP contribution in [0.3, 0.4) is 0 Å². The Balaban J connectivity index is 1.38. The van der Waals surface area contributed by atoms with Crippen molar-refractivity contribution in [2.45, 2.75) is 45.1 Å². The minimum Gasteiger partial charge on any atom is -0.461 e. The zero-order valence-electron chi connectivity index (χ0n) is 20.8. The van der Waals surface area contributed by atoms with E-state index in [-0.39, 0.29) is 30.0 Å². The Morgan fingerprint density at radius 2 is 1.95 bits per heavy atom. The van der Waals surface area contributed by atoms with E-state index in [1.807, 2.05) is 36.1 Å². The number of hydrogen-bond acceptors (Lipinski definition) is 6. The maximum atomic E-state index is 13.5. The summed E-state index contributed by atoms with van der Waals surface area (Å²) < 4.78 is 5.65. The number of anilines is 1. The number of carbonyl (C=O) groups is 3. The van der Waals surface area contributed by atoms with Crippen LogP contribution < -0.4 is 10.6 Å². The van der Waals surface area contributed by atoms with Gasteiger partial charge < -0.3 is 19.5 Å². The Hall–Kier alpha value is -4.15. The van der Waals surface area contributed by atoms with Gasteiger partial charge >= 0.3 is 0 Å². The Morgan fingerprint density at radius 3 is 2.73 bits per heavy atom. The van der Waals surface area contributed by atoms with Crippen LogP contribution >= 0.6 is 0 Å². The zero-order valence-corrected chi connectivity index (χ0v) is 20.8. The summed E-state index contributed by atoms with van der Waals surface area (Å²) in [6.07, 6.45) is 5.60. The van der Waals surface area contributed by atoms with E-state index in [0.717, 1.165) is 55.5 Å². The van der Waals surface area contributed by atoms with Crippen LogP contribution in [-0.4, -0.2) is 75.9 Å². The van der Waals surface area contributed by atoms with Gasteiger partial charge in [-0.25, -0.2) is 4.99 Å². The average molecular weight is 506 g/mol. The van der Waals surface area contributed by atoms with E-state index >= 15 is 0 Å². The number of aromatic nitrogens is 2. The van der Waals surface area contributed by atoms with Crippen LogP contribution in [0.15, 0.2) is 45.9 Å². The number of furan rings is 1. The van der Waals surface area contributed by atoms with E-state index < -0.39 is 11.9 Å². The molecule has 0 spiro atoms. The van der Waals surface area contributed by atoms with Crippen LogP contribution in [0.1, 0.15) is 48.4 Å². The molecule has 2 fully saturated rings. The lowest BCUT2D eigenvalue weighted by atomic mass is 10.1. The quantitative estimate of drug-likeness (QED) is 0.360. The number of aromatic amines is 1. The van der Waals surface area contributed by atoms with Crippen molar-refractivity contribution < 1.29 is 18.8 Å². The van der Waals surface area contributed by atoms with Crippen LogP contribution in [0.4, 0.5) is 5.69 Å². The van der Waals surface area contributed by atoms with Crippen molar-refractivity contribution in [3.8, 4) is 0 Å². The third-order valence-electron chi connectivity index (χ3n) is 6.70. The number of rotatable bonds is 5. The van der Waals surface area contributed by atoms with Crippen molar-refractivity contribution in [1.29, 1.82) is 0 Å². The molecule has 0 aliphatic carbocycles. The fraction of sp³-hybridized carbons (Fsp3) is 0.423. The first-order valence-electron chi connectivity index (χ1n) is 12.7. The predicted molar refractivity (Wildman–Crippen MR) is 138 cm³/mol. The molecule has 11 heteroatoms. The number of H-pyrrole nitrogens is 1. The van der Waals surface area contributed by atoms with Crippen molar-refractivity contribution in [2.75, 3.05) is 31.5 Å². The number of likely N-dealkylation sites (tertiary alicyclic amines) is 2. The third-order valence-corrected chi connectivity index (χ3v) is 6.70. The highest BCUT2D eigenvalue weighted by Gasteiger charge is 2.30. The average Bonchev–Trinajstić information content (AvgIpc) is 3.64. The SMILES string of the molecule is Cc1cc2cc(NC(=NC3CCCCN(CC(=O)N4CCCC4)C3=O)NC(=O)c3ccn[nH]3)ccc2o1. The largest absolute Gasteiger partial charge is 0.461 e. The summed E-state index contributed by atoms with van der Waals surface area (Å²) in [5, 5.41) is 13.3. The molecule has 3 N–H and O–H groups in total. The van der Waals surface area contributed by atoms with Gasteiger partial charge in [-0.1, -0.05) is 0 Å². The fourth-order valence-corrected chi connectivity index (χ4v) is 4.79. The van der Waals surface area contributed by atoms with Crippen molar-refractivity contribution in [2.24, 2.45) is 4.99 Å². The summed E-state index contributed by atoms with van der Waals surface area (Å²) in [7, 11) is 0. The van der Waals surface area contributed by atoms with Gasteiger partial charge in [-0.05, 0) is 69.4 Å². The molecular weight excluding hydrogens is 474 g/mol. The highest BCUT2D eigenvalue weighted by atomic mass is 16.3. The molecule has 11 nitrogen and oxygen atoms in total. The molecule has 2 aliphatic rings. The standard InChI is InChI=1S/C26H31N7O4/c1-17-14-18-15-19(7-8-22(18)37-17)28-26(30-24(35)20-9-10-27-31-20)29-21-6-2-3-13-33(25(21)36)16-23(34)32-11-4-5-12-32/h7-10,14-15,21H,2-6,11-13,16H2,1H3,(H,27,31)(H2,28,29,30,35). The highest BCUT2D eigenvalue weighted by molar-refractivity contribution is 6.10. The Morgan fingerprint density at radius 1 is 1.14 bits per heavy atom. The molecule has 194 valence electrons. The Kier molecular flexibility index (Phi) is 7.20. The first kappa shape index (κ1) is 24.5. The second-order valence-corrected chi connectivity index (χ2v) is 9.50. The molecule has 0 saturated carbocycles. The van der Waals surface area contributed by atoms with Gasteiger partial charge in [-0.2, -0.15) is 5.10 Å². The number of hydrogen-bond donors (Lipinski definition) is 3. The third kappa shape index (κ3) is 5.82. The zero-order chi connectivity index (χ0) is 25.8. The number of nitrogens with one attached hydrogen (secondary N) is 3. The van der Waals surface area contributed by atoms with Crippen LogP contribution in [-0.2, 0) is 9.59 Å². The number of carbonyl (C=O) groups excluding carboxylic acids is 3. The summed E-state index contributed by atoms with van der Waals surface area (Å²) in [5.74, 6) is 0.267. The van der Waals surface area contributed by atoms with Crippen molar-refractivity contribution in [3.63, 3.8) is 0 Å². The number of fused-ring (bicyclic) bond motifs is 1. The van der Waals surface area contributed by atoms with Crippen LogP contribution in [0.25, 0.3) is 11.0 Å². The molecule has 0 radical (unpaired) electrons. The summed E-state index contributed by atoms with van der Waals surface area (Å²) in [6.45, 7) is 3.95. The minimum atomic E-state index is -0.724. The van der Waals surface area contributed by atoms with Crippen molar-refractivity contribution in [1.82, 2.24) is 25.3 Å². The highest BCUT2D eigenvalue weighted by Crippen LogP contribution is 2.23. The molecule has 5 rings (SSSR count). The lowest BCUT2D eigenvalue weighted by Crippen LogP contribution is -2.45. The van der Waals surface area contributed by atoms with Crippen LogP contribution in [0, 0.1) is 6.92 Å². The predicted octanol–water partition coefficient (Wildman–Crippen LogP) is 2.67. The number of aliphatic imine (C=N–C) groups is 1. The molecule has 3 amide bonds. The first-order chi connectivity index (χ1) is 18.0. The second-order valence-electron chi connectivity index (χ2n) is 9.50. The number of guanidine groups is 1. The summed E-state index contributed by atoms with van der Waals surface area (Å²) in [6, 6.07) is 8.29. The lowest BCUT2D eigenvalue weighted by Gasteiger charge is -2.25. The number of aryl methyl sites for hydroxylation is 1. The first-order valence-corrected chi connectivity index (χ1v) is 12.7. The van der Waals surface area contributed by atoms with Gasteiger partial charge in [-0.15, -0.1) is 0 Å². The van der Waals surface area contributed by atoms with Gasteiger partial charge in [0, 0.05) is 36.9 Å². The molecule has 37 heavy (non-hydrogen) atoms. The Bertz CT molecular complexity index is 1310. The van der Waals surface area contributed by atoms with E-state index in [9.17, 15) is 14.4 Å². The van der Waals surface area contributed by atoms with Crippen LogP contribution in [0.5, 0.6) is 0 Å². The van der Waals surface area contributed by atoms with E-state index in [2.05, 4.69) is 25.8 Å². The maximum absolute atomic E-state index is 13.5. The van der Waals surface area contributed by atoms with Gasteiger partial charge in [0.25, 0.3) is 5.91 Å². The summed E-state index contributed by atoms with van der Waals surface area (Å²) >= 11 is 0. The van der Waals surface area contributed by atoms with E-state index in [1.54, 1.807) is 11.0 Å². The van der Waals surface area contributed by atoms with Gasteiger partial charge in [0.2, 0.25) is 17.8 Å². The molecule has 2 saturated heterocycles. The van der Waals surface area contributed by atoms with Gasteiger partial charge in [0.15, 0.2) is 0 Å². The molecule has 3 aromatic rings. The normalized spacial score (nSPS) is 18.8. The summed E-state index contributed by atoms with van der Waals surface area (Å²) in [5.41, 5.74) is 1.69. The Labute approximate surface area is 214 Å². The summed E-state index contributed by atoms with van der Waals surface area (Å²) in [4.78, 5) is 47.1. The second kappa shape index (κ2) is 10.9. The number of amides is 3. The van der Waals surface area contributed by atoms with Gasteiger partial charge in [0.1, 0.15) is 23.1 Å². The molecule has 1 atom stereocenters. The molecule has 2 aromatic heterocycles. The lowest BCUT2D eigenvalue weighted by molar-refractivity contribution is -0.140. The smallest absolute Gasteiger partial charge is 0.275 e. The maximum Gasteiger partial charge on any atom is 0.275 e. The minimum absolute atomic E-state index is 0.0231. The molecule has 1 aromatic carbocycles. The fourth-order valence-electron chi connectivity index (χ4n) is 4.79. The van der Waals surface area contributed by atoms with E-state index in [4.69, 9.17) is 4.42 Å². The van der Waals surface area contributed by atoms with Gasteiger partial charge in [0.05, 0.1) is 6.54 Å². The molecule has 4 heterocycles. The van der Waals surface area contributed by atoms with E-state index in [0.29, 0.717) is 18.7 Å². The van der Waals surface area contributed by atoms with Crippen LogP contribution in [0.2, 0.25) is 0 Å². The molecular formula is C26H31N7O4.